The number of rotatable bonds is 5. The van der Waals surface area contributed by atoms with Crippen molar-refractivity contribution in [1.29, 1.82) is 0 Å². The van der Waals surface area contributed by atoms with E-state index >= 15 is 0 Å². The van der Waals surface area contributed by atoms with Gasteiger partial charge >= 0.3 is 0 Å². The molecule has 1 amide bonds. The highest BCUT2D eigenvalue weighted by atomic mass is 19.1. The third-order valence-corrected chi connectivity index (χ3v) is 3.96. The third-order valence-electron chi connectivity index (χ3n) is 3.96. The molecular formula is C17H15FN6O3. The van der Waals surface area contributed by atoms with E-state index in [9.17, 15) is 9.18 Å². The fraction of sp³-hybridized carbons (Fsp3) is 0.176. The number of ether oxygens (including phenoxy) is 2. The van der Waals surface area contributed by atoms with E-state index in [0.29, 0.717) is 23.7 Å². The van der Waals surface area contributed by atoms with Gasteiger partial charge in [-0.05, 0) is 31.2 Å². The summed E-state index contributed by atoms with van der Waals surface area (Å²) in [5, 5.41) is 14.4. The Hall–Kier alpha value is -3.69. The van der Waals surface area contributed by atoms with Gasteiger partial charge in [0.05, 0.1) is 23.7 Å². The number of fused-ring (bicyclic) bond motifs is 1. The Morgan fingerprint density at radius 2 is 2.26 bits per heavy atom. The monoisotopic (exact) mass is 370 g/mol. The summed E-state index contributed by atoms with van der Waals surface area (Å²) in [6.07, 6.45) is 2.53. The number of hydrogen-bond acceptors (Lipinski definition) is 6. The Balaban J connectivity index is 1.44. The van der Waals surface area contributed by atoms with Crippen molar-refractivity contribution in [2.45, 2.75) is 13.5 Å². The Labute approximate surface area is 152 Å². The number of aryl methyl sites for hydroxylation is 1. The molecule has 0 fully saturated rings. The first kappa shape index (κ1) is 16.8. The molecule has 9 nitrogen and oxygen atoms in total. The summed E-state index contributed by atoms with van der Waals surface area (Å²) in [5.41, 5.74) is 4.05. The van der Waals surface area contributed by atoms with Crippen molar-refractivity contribution in [2.24, 2.45) is 5.10 Å². The highest BCUT2D eigenvalue weighted by Crippen LogP contribution is 2.35. The third kappa shape index (κ3) is 3.24. The summed E-state index contributed by atoms with van der Waals surface area (Å²) in [6, 6.07) is 6.96. The molecule has 27 heavy (non-hydrogen) atoms. The second-order valence-electron chi connectivity index (χ2n) is 5.64. The Bertz CT molecular complexity index is 1030. The molecule has 10 heteroatoms. The SMILES string of the molecule is CCn1ncc(/C=N/NC(=O)c2cc(-c3ccc4c(c3)OCO4)n[nH]2)c1F. The fourth-order valence-corrected chi connectivity index (χ4v) is 2.55. The van der Waals surface area contributed by atoms with Crippen LogP contribution in [0.1, 0.15) is 23.0 Å². The first-order chi connectivity index (χ1) is 13.2. The fourth-order valence-electron chi connectivity index (χ4n) is 2.55. The molecule has 0 atom stereocenters. The van der Waals surface area contributed by atoms with E-state index in [-0.39, 0.29) is 18.1 Å². The van der Waals surface area contributed by atoms with Crippen LogP contribution in [0.15, 0.2) is 35.6 Å². The quantitative estimate of drug-likeness (QED) is 0.527. The maximum Gasteiger partial charge on any atom is 0.289 e. The van der Waals surface area contributed by atoms with Crippen LogP contribution in [0.3, 0.4) is 0 Å². The number of carbonyl (C=O) groups excluding carboxylic acids is 1. The lowest BCUT2D eigenvalue weighted by Crippen LogP contribution is -2.18. The zero-order chi connectivity index (χ0) is 18.8. The van der Waals surface area contributed by atoms with Gasteiger partial charge in [-0.2, -0.15) is 19.7 Å². The van der Waals surface area contributed by atoms with Crippen LogP contribution in [0.25, 0.3) is 11.3 Å². The normalized spacial score (nSPS) is 12.7. The molecule has 0 aliphatic carbocycles. The van der Waals surface area contributed by atoms with Gasteiger partial charge in [-0.15, -0.1) is 0 Å². The number of nitrogens with one attached hydrogen (secondary N) is 2. The van der Waals surface area contributed by atoms with Crippen molar-refractivity contribution < 1.29 is 18.7 Å². The molecule has 1 aliphatic heterocycles. The molecule has 3 aromatic rings. The van der Waals surface area contributed by atoms with E-state index in [4.69, 9.17) is 9.47 Å². The summed E-state index contributed by atoms with van der Waals surface area (Å²) < 4.78 is 25.6. The Morgan fingerprint density at radius 3 is 3.07 bits per heavy atom. The Kier molecular flexibility index (Phi) is 4.29. The van der Waals surface area contributed by atoms with Crippen molar-refractivity contribution in [3.8, 4) is 22.8 Å². The number of halogens is 1. The predicted octanol–water partition coefficient (Wildman–Crippen LogP) is 1.92. The highest BCUT2D eigenvalue weighted by Gasteiger charge is 2.16. The van der Waals surface area contributed by atoms with Gasteiger partial charge in [0.25, 0.3) is 5.91 Å². The zero-order valence-corrected chi connectivity index (χ0v) is 14.3. The first-order valence-electron chi connectivity index (χ1n) is 8.16. The van der Waals surface area contributed by atoms with E-state index in [1.54, 1.807) is 25.1 Å². The minimum Gasteiger partial charge on any atom is -0.454 e. The first-order valence-corrected chi connectivity index (χ1v) is 8.16. The van der Waals surface area contributed by atoms with Gasteiger partial charge in [-0.3, -0.25) is 9.89 Å². The average Bonchev–Trinajstić information content (AvgIpc) is 3.41. The number of aromatic amines is 1. The molecule has 0 saturated carbocycles. The summed E-state index contributed by atoms with van der Waals surface area (Å²) >= 11 is 0. The number of carbonyl (C=O) groups is 1. The van der Waals surface area contributed by atoms with Crippen LogP contribution in [-0.2, 0) is 6.54 Å². The molecule has 0 spiro atoms. The van der Waals surface area contributed by atoms with E-state index in [1.165, 1.54) is 17.1 Å². The van der Waals surface area contributed by atoms with E-state index in [0.717, 1.165) is 5.56 Å². The molecule has 0 radical (unpaired) electrons. The number of hydrazone groups is 1. The van der Waals surface area contributed by atoms with Crippen LogP contribution in [0.5, 0.6) is 11.5 Å². The van der Waals surface area contributed by atoms with Crippen molar-refractivity contribution in [3.05, 3.63) is 47.7 Å². The second kappa shape index (κ2) is 6.90. The molecule has 1 aromatic carbocycles. The summed E-state index contributed by atoms with van der Waals surface area (Å²) in [7, 11) is 0. The van der Waals surface area contributed by atoms with Gasteiger partial charge in [0, 0.05) is 12.1 Å². The van der Waals surface area contributed by atoms with Gasteiger partial charge in [-0.25, -0.2) is 10.1 Å². The van der Waals surface area contributed by atoms with E-state index in [1.807, 2.05) is 6.07 Å². The van der Waals surface area contributed by atoms with Crippen LogP contribution in [-0.4, -0.2) is 38.9 Å². The van der Waals surface area contributed by atoms with E-state index in [2.05, 4.69) is 25.8 Å². The number of benzene rings is 1. The molecule has 4 rings (SSSR count). The molecule has 2 aromatic heterocycles. The summed E-state index contributed by atoms with van der Waals surface area (Å²) in [6.45, 7) is 2.36. The largest absolute Gasteiger partial charge is 0.454 e. The predicted molar refractivity (Wildman–Crippen MR) is 93.1 cm³/mol. The zero-order valence-electron chi connectivity index (χ0n) is 14.3. The molecule has 3 heterocycles. The van der Waals surface area contributed by atoms with Crippen LogP contribution >= 0.6 is 0 Å². The van der Waals surface area contributed by atoms with Crippen LogP contribution < -0.4 is 14.9 Å². The second-order valence-corrected chi connectivity index (χ2v) is 5.64. The van der Waals surface area contributed by atoms with Crippen LogP contribution in [0.4, 0.5) is 4.39 Å². The summed E-state index contributed by atoms with van der Waals surface area (Å²) in [4.78, 5) is 12.2. The van der Waals surface area contributed by atoms with Crippen molar-refractivity contribution >= 4 is 12.1 Å². The molecule has 0 unspecified atom stereocenters. The van der Waals surface area contributed by atoms with Gasteiger partial charge in [0.2, 0.25) is 12.7 Å². The topological polar surface area (TPSA) is 106 Å². The minimum atomic E-state index is -0.512. The lowest BCUT2D eigenvalue weighted by atomic mass is 10.1. The number of H-pyrrole nitrogens is 1. The van der Waals surface area contributed by atoms with Crippen molar-refractivity contribution in [3.63, 3.8) is 0 Å². The lowest BCUT2D eigenvalue weighted by Gasteiger charge is -1.99. The Morgan fingerprint density at radius 1 is 1.41 bits per heavy atom. The van der Waals surface area contributed by atoms with Crippen LogP contribution in [0.2, 0.25) is 0 Å². The molecule has 138 valence electrons. The van der Waals surface area contributed by atoms with Gasteiger partial charge in [0.1, 0.15) is 5.69 Å². The highest BCUT2D eigenvalue weighted by molar-refractivity contribution is 5.94. The number of aromatic nitrogens is 4. The van der Waals surface area contributed by atoms with Crippen molar-refractivity contribution in [1.82, 2.24) is 25.4 Å². The molecule has 2 N–H and O–H groups in total. The maximum atomic E-state index is 13.8. The molecule has 0 bridgehead atoms. The number of amides is 1. The molecular weight excluding hydrogens is 355 g/mol. The van der Waals surface area contributed by atoms with Crippen molar-refractivity contribution in [2.75, 3.05) is 6.79 Å². The lowest BCUT2D eigenvalue weighted by molar-refractivity contribution is 0.0950. The number of nitrogens with zero attached hydrogens (tertiary/aromatic N) is 4. The molecule has 1 aliphatic rings. The standard InChI is InChI=1S/C17H15FN6O3/c1-2-24-16(18)11(8-20-24)7-19-23-17(25)13-6-12(21-22-13)10-3-4-14-15(5-10)27-9-26-14/h3-8H,2,9H2,1H3,(H,21,22)(H,23,25)/b19-7+. The van der Waals surface area contributed by atoms with Gasteiger partial charge < -0.3 is 9.47 Å². The minimum absolute atomic E-state index is 0.183. The van der Waals surface area contributed by atoms with Crippen LogP contribution in [0, 0.1) is 5.95 Å². The van der Waals surface area contributed by atoms with Gasteiger partial charge in [-0.1, -0.05) is 0 Å². The van der Waals surface area contributed by atoms with E-state index < -0.39 is 11.9 Å². The summed E-state index contributed by atoms with van der Waals surface area (Å²) in [5.74, 6) is 0.275. The number of hydrogen-bond donors (Lipinski definition) is 2. The maximum absolute atomic E-state index is 13.8. The molecule has 0 saturated heterocycles. The average molecular weight is 370 g/mol. The van der Waals surface area contributed by atoms with Gasteiger partial charge in [0.15, 0.2) is 11.5 Å². The smallest absolute Gasteiger partial charge is 0.289 e.